The van der Waals surface area contributed by atoms with Crippen LogP contribution in [0.5, 0.6) is 0 Å². The molecular formula is C32H36N8O4S. The van der Waals surface area contributed by atoms with Crippen LogP contribution in [0.2, 0.25) is 0 Å². The summed E-state index contributed by atoms with van der Waals surface area (Å²) in [5.74, 6) is 6.87. The van der Waals surface area contributed by atoms with Gasteiger partial charge in [-0.05, 0) is 53.5 Å². The minimum absolute atomic E-state index is 0.0893. The number of thiophene rings is 1. The molecule has 4 aromatic heterocycles. The second-order valence-corrected chi connectivity index (χ2v) is 13.3. The fourth-order valence-corrected chi connectivity index (χ4v) is 6.89. The number of alkyl carbamates (subject to hydrolysis) is 1. The van der Waals surface area contributed by atoms with Crippen LogP contribution >= 0.6 is 11.3 Å². The lowest BCUT2D eigenvalue weighted by Gasteiger charge is -2.34. The van der Waals surface area contributed by atoms with Gasteiger partial charge in [0.05, 0.1) is 29.0 Å². The number of anilines is 1. The molecule has 1 saturated heterocycles. The number of nitrogens with one attached hydrogen (secondary N) is 1. The molecule has 1 aliphatic rings. The first-order valence-electron chi connectivity index (χ1n) is 14.9. The van der Waals surface area contributed by atoms with Crippen molar-refractivity contribution in [3.8, 4) is 11.8 Å². The minimum atomic E-state index is -0.608. The molecule has 0 bridgehead atoms. The highest BCUT2D eigenvalue weighted by molar-refractivity contribution is 7.25. The topological polar surface area (TPSA) is 129 Å². The fraction of sp³-hybridized carbons (Fsp3) is 0.438. The largest absolute Gasteiger partial charge is 0.444 e. The van der Waals surface area contributed by atoms with Crippen molar-refractivity contribution < 1.29 is 9.53 Å². The minimum Gasteiger partial charge on any atom is -0.444 e. The lowest BCUT2D eigenvalue weighted by molar-refractivity contribution is 0.0499. The summed E-state index contributed by atoms with van der Waals surface area (Å²) in [5.41, 5.74) is 0.556. The summed E-state index contributed by atoms with van der Waals surface area (Å²) in [6.45, 7) is 10.4. The van der Waals surface area contributed by atoms with E-state index in [1.165, 1.54) is 9.13 Å². The summed E-state index contributed by atoms with van der Waals surface area (Å²) < 4.78 is 11.9. The number of aryl methyl sites for hydroxylation is 2. The van der Waals surface area contributed by atoms with Crippen molar-refractivity contribution >= 4 is 54.8 Å². The molecule has 6 rings (SSSR count). The van der Waals surface area contributed by atoms with E-state index in [0.29, 0.717) is 24.9 Å². The molecule has 1 amide bonds. The molecule has 1 aromatic carbocycles. The molecule has 5 aromatic rings. The van der Waals surface area contributed by atoms with Gasteiger partial charge in [0.15, 0.2) is 11.2 Å². The zero-order valence-corrected chi connectivity index (χ0v) is 27.1. The Labute approximate surface area is 263 Å². The van der Waals surface area contributed by atoms with Gasteiger partial charge in [-0.1, -0.05) is 24.1 Å². The number of imidazole rings is 1. The SMILES string of the molecule is CC#CCn1c(N2CCCC(NC(=O)OC(C)(C)C)C2)nc2c1c(=O)n(Cc1nc(C)c3sc4ccccc4c3n1)c(=O)n2C. The summed E-state index contributed by atoms with van der Waals surface area (Å²) in [4.78, 5) is 56.6. The zero-order chi connectivity index (χ0) is 32.0. The Morgan fingerprint density at radius 1 is 1.16 bits per heavy atom. The van der Waals surface area contributed by atoms with Gasteiger partial charge in [-0.3, -0.25) is 18.5 Å². The number of aromatic nitrogens is 6. The van der Waals surface area contributed by atoms with Crippen LogP contribution in [-0.2, 0) is 24.9 Å². The Hall–Kier alpha value is -4.70. The number of rotatable bonds is 5. The third-order valence-electron chi connectivity index (χ3n) is 7.79. The van der Waals surface area contributed by atoms with E-state index in [4.69, 9.17) is 14.7 Å². The Bertz CT molecular complexity index is 2140. The van der Waals surface area contributed by atoms with E-state index < -0.39 is 22.9 Å². The quantitative estimate of drug-likeness (QED) is 0.290. The van der Waals surface area contributed by atoms with Gasteiger partial charge in [-0.25, -0.2) is 19.6 Å². The average Bonchev–Trinajstić information content (AvgIpc) is 3.56. The second-order valence-electron chi connectivity index (χ2n) is 12.3. The summed E-state index contributed by atoms with van der Waals surface area (Å²) in [7, 11) is 1.61. The van der Waals surface area contributed by atoms with E-state index in [1.807, 2.05) is 56.9 Å². The van der Waals surface area contributed by atoms with Gasteiger partial charge in [0, 0.05) is 36.3 Å². The first-order chi connectivity index (χ1) is 21.4. The molecular weight excluding hydrogens is 592 g/mol. The Morgan fingerprint density at radius 3 is 2.69 bits per heavy atom. The predicted molar refractivity (Wildman–Crippen MR) is 176 cm³/mol. The summed E-state index contributed by atoms with van der Waals surface area (Å²) in [6.07, 6.45) is 1.10. The van der Waals surface area contributed by atoms with Crippen molar-refractivity contribution in [3.63, 3.8) is 0 Å². The van der Waals surface area contributed by atoms with Crippen LogP contribution in [0.1, 0.15) is 52.1 Å². The standard InChI is InChI=1S/C32H36N8O4S/c1-7-8-16-39-25-27(36-29(39)38-15-11-12-20(17-38)34-30(42)44-32(3,4)5)37(6)31(43)40(28(25)41)18-23-33-19(2)26-24(35-23)21-13-9-10-14-22(21)45-26/h9-10,13-14,20H,11-12,15-18H2,1-6H3,(H,34,42). The summed E-state index contributed by atoms with van der Waals surface area (Å²) in [5, 5.41) is 3.98. The molecule has 1 aliphatic heterocycles. The smallest absolute Gasteiger partial charge is 0.407 e. The van der Waals surface area contributed by atoms with Crippen LogP contribution in [-0.4, -0.2) is 59.5 Å². The number of piperidine rings is 1. The first kappa shape index (κ1) is 30.3. The molecule has 234 valence electrons. The van der Waals surface area contributed by atoms with Gasteiger partial charge in [0.25, 0.3) is 5.56 Å². The van der Waals surface area contributed by atoms with Crippen LogP contribution in [0.15, 0.2) is 33.9 Å². The number of benzene rings is 1. The van der Waals surface area contributed by atoms with Crippen LogP contribution in [0.4, 0.5) is 10.7 Å². The molecule has 13 heteroatoms. The number of hydrogen-bond acceptors (Lipinski definition) is 9. The van der Waals surface area contributed by atoms with Gasteiger partial charge >= 0.3 is 11.8 Å². The molecule has 5 heterocycles. The van der Waals surface area contributed by atoms with Crippen molar-refractivity contribution in [2.24, 2.45) is 7.05 Å². The zero-order valence-electron chi connectivity index (χ0n) is 26.3. The lowest BCUT2D eigenvalue weighted by atomic mass is 10.1. The number of carbonyl (C=O) groups excluding carboxylic acids is 1. The van der Waals surface area contributed by atoms with Crippen molar-refractivity contribution in [3.05, 3.63) is 56.6 Å². The number of nitrogens with zero attached hydrogens (tertiary/aromatic N) is 7. The third kappa shape index (κ3) is 5.78. The van der Waals surface area contributed by atoms with Gasteiger partial charge in [0.1, 0.15) is 11.4 Å². The van der Waals surface area contributed by atoms with Gasteiger partial charge in [0.2, 0.25) is 5.95 Å². The lowest BCUT2D eigenvalue weighted by Crippen LogP contribution is -2.49. The van der Waals surface area contributed by atoms with Crippen LogP contribution in [0, 0.1) is 18.8 Å². The molecule has 0 aliphatic carbocycles. The highest BCUT2D eigenvalue weighted by atomic mass is 32.1. The van der Waals surface area contributed by atoms with Crippen LogP contribution in [0.3, 0.4) is 0 Å². The number of amides is 1. The molecule has 1 fully saturated rings. The molecule has 1 N–H and O–H groups in total. The molecule has 12 nitrogen and oxygen atoms in total. The Morgan fingerprint density at radius 2 is 1.93 bits per heavy atom. The van der Waals surface area contributed by atoms with Crippen molar-refractivity contribution in [1.82, 2.24) is 34.0 Å². The number of ether oxygens (including phenoxy) is 1. The van der Waals surface area contributed by atoms with Gasteiger partial charge < -0.3 is 15.0 Å². The van der Waals surface area contributed by atoms with E-state index in [9.17, 15) is 14.4 Å². The highest BCUT2D eigenvalue weighted by Gasteiger charge is 2.29. The molecule has 1 unspecified atom stereocenters. The number of carbonyl (C=O) groups is 1. The van der Waals surface area contributed by atoms with Crippen molar-refractivity contribution in [2.45, 2.75) is 72.2 Å². The predicted octanol–water partition coefficient (Wildman–Crippen LogP) is 3.93. The van der Waals surface area contributed by atoms with Crippen molar-refractivity contribution in [1.29, 1.82) is 0 Å². The normalized spacial score (nSPS) is 15.4. The monoisotopic (exact) mass is 628 g/mol. The second kappa shape index (κ2) is 11.7. The maximum Gasteiger partial charge on any atom is 0.407 e. The Kier molecular flexibility index (Phi) is 7.86. The van der Waals surface area contributed by atoms with E-state index in [0.717, 1.165) is 38.8 Å². The molecule has 0 radical (unpaired) electrons. The maximum atomic E-state index is 14.1. The number of hydrogen-bond donors (Lipinski definition) is 1. The fourth-order valence-electron chi connectivity index (χ4n) is 5.80. The molecule has 1 atom stereocenters. The maximum absolute atomic E-state index is 14.1. The molecule has 0 spiro atoms. The molecule has 45 heavy (non-hydrogen) atoms. The summed E-state index contributed by atoms with van der Waals surface area (Å²) >= 11 is 1.63. The van der Waals surface area contributed by atoms with Crippen LogP contribution < -0.4 is 21.5 Å². The number of fused-ring (bicyclic) bond motifs is 4. The molecule has 0 saturated carbocycles. The van der Waals surface area contributed by atoms with Gasteiger partial charge in [-0.15, -0.1) is 17.3 Å². The van der Waals surface area contributed by atoms with Crippen LogP contribution in [0.25, 0.3) is 31.5 Å². The third-order valence-corrected chi connectivity index (χ3v) is 9.06. The Balaban J connectivity index is 1.41. The van der Waals surface area contributed by atoms with E-state index in [2.05, 4.69) is 22.1 Å². The highest BCUT2D eigenvalue weighted by Crippen LogP contribution is 2.33. The van der Waals surface area contributed by atoms with Crippen molar-refractivity contribution in [2.75, 3.05) is 18.0 Å². The average molecular weight is 629 g/mol. The summed E-state index contributed by atoms with van der Waals surface area (Å²) in [6, 6.07) is 7.84. The van der Waals surface area contributed by atoms with E-state index in [1.54, 1.807) is 29.9 Å². The van der Waals surface area contributed by atoms with Gasteiger partial charge in [-0.2, -0.15) is 4.98 Å². The first-order valence-corrected chi connectivity index (χ1v) is 15.8. The van der Waals surface area contributed by atoms with E-state index >= 15 is 0 Å². The van der Waals surface area contributed by atoms with E-state index in [-0.39, 0.29) is 30.3 Å².